The van der Waals surface area contributed by atoms with Gasteiger partial charge in [0.2, 0.25) is 5.91 Å². The maximum absolute atomic E-state index is 12.6. The molecule has 21 heavy (non-hydrogen) atoms. The van der Waals surface area contributed by atoms with Crippen LogP contribution in [0.2, 0.25) is 0 Å². The zero-order valence-corrected chi connectivity index (χ0v) is 13.0. The van der Waals surface area contributed by atoms with Crippen molar-refractivity contribution in [2.24, 2.45) is 16.8 Å². The molecule has 0 spiro atoms. The largest absolute Gasteiger partial charge is 0.409 e. The van der Waals surface area contributed by atoms with Crippen molar-refractivity contribution in [2.75, 3.05) is 11.9 Å². The molecule has 0 aliphatic rings. The number of rotatable bonds is 7. The van der Waals surface area contributed by atoms with E-state index in [1.165, 1.54) is 0 Å². The second-order valence-corrected chi connectivity index (χ2v) is 5.15. The average molecular weight is 291 g/mol. The molecule has 0 radical (unpaired) electrons. The number of amides is 1. The number of carbonyl (C=O) groups excluding carboxylic acids is 1. The lowest BCUT2D eigenvalue weighted by molar-refractivity contribution is -0.122. The summed E-state index contributed by atoms with van der Waals surface area (Å²) in [6, 6.07) is 7.17. The van der Waals surface area contributed by atoms with Gasteiger partial charge in [0, 0.05) is 18.5 Å². The van der Waals surface area contributed by atoms with Gasteiger partial charge < -0.3 is 15.8 Å². The average Bonchev–Trinajstić information content (AvgIpc) is 2.53. The summed E-state index contributed by atoms with van der Waals surface area (Å²) in [5.41, 5.74) is 6.90. The Morgan fingerprint density at radius 1 is 1.38 bits per heavy atom. The van der Waals surface area contributed by atoms with Crippen molar-refractivity contribution in [3.8, 4) is 0 Å². The Hall–Kier alpha value is -2.04. The number of unbranched alkanes of at least 4 members (excludes halogenated alkanes) is 1. The fourth-order valence-electron chi connectivity index (χ4n) is 2.38. The Labute approximate surface area is 126 Å². The van der Waals surface area contributed by atoms with Crippen LogP contribution in [0.5, 0.6) is 0 Å². The van der Waals surface area contributed by atoms with Crippen LogP contribution in [0.25, 0.3) is 0 Å². The van der Waals surface area contributed by atoms with Gasteiger partial charge in [0.15, 0.2) is 5.84 Å². The predicted molar refractivity (Wildman–Crippen MR) is 85.7 cm³/mol. The second kappa shape index (κ2) is 8.29. The third-order valence-corrected chi connectivity index (χ3v) is 3.73. The molecule has 1 unspecified atom stereocenters. The highest BCUT2D eigenvalue weighted by Gasteiger charge is 2.23. The smallest absolute Gasteiger partial charge is 0.229 e. The first-order chi connectivity index (χ1) is 10.1. The van der Waals surface area contributed by atoms with Gasteiger partial charge in [-0.25, -0.2) is 0 Å². The quantitative estimate of drug-likeness (QED) is 0.351. The molecule has 0 saturated heterocycles. The van der Waals surface area contributed by atoms with E-state index >= 15 is 0 Å². The number of nitrogens with two attached hydrogens (primary N) is 1. The highest BCUT2D eigenvalue weighted by Crippen LogP contribution is 2.23. The van der Waals surface area contributed by atoms with E-state index in [9.17, 15) is 4.79 Å². The van der Waals surface area contributed by atoms with Gasteiger partial charge in [0.1, 0.15) is 0 Å². The molecule has 1 rings (SSSR count). The number of amidine groups is 1. The minimum absolute atomic E-state index is 0.00635. The fraction of sp³-hybridized carbons (Fsp3) is 0.500. The van der Waals surface area contributed by atoms with Crippen molar-refractivity contribution in [3.63, 3.8) is 0 Å². The highest BCUT2D eigenvalue weighted by molar-refractivity contribution is 6.06. The summed E-state index contributed by atoms with van der Waals surface area (Å²) in [5.74, 6) is 0.0892. The Balaban J connectivity index is 3.02. The first kappa shape index (κ1) is 17.0. The topological polar surface area (TPSA) is 78.9 Å². The van der Waals surface area contributed by atoms with Gasteiger partial charge in [-0.1, -0.05) is 44.0 Å². The standard InChI is InChI=1S/C16H25N3O2/c1-4-6-9-12(5-2)16(20)19(3)14-11-8-7-10-13(14)15(17)18-21/h7-8,10-12,21H,4-6,9H2,1-3H3,(H2,17,18). The van der Waals surface area contributed by atoms with E-state index in [2.05, 4.69) is 12.1 Å². The molecule has 0 heterocycles. The van der Waals surface area contributed by atoms with E-state index in [-0.39, 0.29) is 17.7 Å². The number of para-hydroxylation sites is 1. The van der Waals surface area contributed by atoms with E-state index < -0.39 is 0 Å². The number of oxime groups is 1. The molecule has 5 nitrogen and oxygen atoms in total. The zero-order valence-electron chi connectivity index (χ0n) is 13.0. The normalized spacial score (nSPS) is 13.0. The number of hydrogen-bond donors (Lipinski definition) is 2. The van der Waals surface area contributed by atoms with Crippen LogP contribution in [0, 0.1) is 5.92 Å². The van der Waals surface area contributed by atoms with Crippen LogP contribution in [0.15, 0.2) is 29.4 Å². The molecule has 1 amide bonds. The summed E-state index contributed by atoms with van der Waals surface area (Å²) >= 11 is 0. The summed E-state index contributed by atoms with van der Waals surface area (Å²) in [5, 5.41) is 11.9. The van der Waals surface area contributed by atoms with Crippen molar-refractivity contribution < 1.29 is 10.0 Å². The van der Waals surface area contributed by atoms with E-state index in [0.29, 0.717) is 11.3 Å². The molecule has 0 fully saturated rings. The van der Waals surface area contributed by atoms with E-state index in [1.54, 1.807) is 30.1 Å². The number of nitrogens with zero attached hydrogens (tertiary/aromatic N) is 2. The Bertz CT molecular complexity index is 500. The van der Waals surface area contributed by atoms with Crippen molar-refractivity contribution in [1.82, 2.24) is 0 Å². The van der Waals surface area contributed by atoms with Crippen LogP contribution >= 0.6 is 0 Å². The summed E-state index contributed by atoms with van der Waals surface area (Å²) in [6.45, 7) is 4.15. The van der Waals surface area contributed by atoms with Gasteiger partial charge >= 0.3 is 0 Å². The number of benzene rings is 1. The molecular weight excluding hydrogens is 266 g/mol. The summed E-state index contributed by atoms with van der Waals surface area (Å²) < 4.78 is 0. The molecule has 0 aromatic heterocycles. The molecule has 0 saturated carbocycles. The fourth-order valence-corrected chi connectivity index (χ4v) is 2.38. The van der Waals surface area contributed by atoms with E-state index in [0.717, 1.165) is 25.7 Å². The molecular formula is C16H25N3O2. The van der Waals surface area contributed by atoms with Gasteiger partial charge in [-0.2, -0.15) is 0 Å². The summed E-state index contributed by atoms with van der Waals surface area (Å²) in [4.78, 5) is 14.2. The highest BCUT2D eigenvalue weighted by atomic mass is 16.4. The van der Waals surface area contributed by atoms with Crippen LogP contribution < -0.4 is 10.6 Å². The Morgan fingerprint density at radius 3 is 2.62 bits per heavy atom. The maximum atomic E-state index is 12.6. The Kier molecular flexibility index (Phi) is 6.72. The van der Waals surface area contributed by atoms with Crippen molar-refractivity contribution in [2.45, 2.75) is 39.5 Å². The third-order valence-electron chi connectivity index (χ3n) is 3.73. The molecule has 1 aromatic rings. The monoisotopic (exact) mass is 291 g/mol. The van der Waals surface area contributed by atoms with Gasteiger partial charge in [-0.15, -0.1) is 0 Å². The SMILES string of the molecule is CCCCC(CC)C(=O)N(C)c1ccccc1/C(N)=N/O. The number of carbonyl (C=O) groups is 1. The molecule has 5 heteroatoms. The van der Waals surface area contributed by atoms with Crippen molar-refractivity contribution in [1.29, 1.82) is 0 Å². The third kappa shape index (κ3) is 4.21. The van der Waals surface area contributed by atoms with Crippen LogP contribution in [-0.2, 0) is 4.79 Å². The van der Waals surface area contributed by atoms with Gasteiger partial charge in [0.05, 0.1) is 5.69 Å². The maximum Gasteiger partial charge on any atom is 0.229 e. The van der Waals surface area contributed by atoms with Gasteiger partial charge in [-0.3, -0.25) is 4.79 Å². The molecule has 0 aliphatic heterocycles. The molecule has 1 atom stereocenters. The zero-order chi connectivity index (χ0) is 15.8. The molecule has 0 aliphatic carbocycles. The molecule has 1 aromatic carbocycles. The van der Waals surface area contributed by atoms with Crippen LogP contribution in [-0.4, -0.2) is 24.0 Å². The lowest BCUT2D eigenvalue weighted by Gasteiger charge is -2.25. The Morgan fingerprint density at radius 2 is 2.05 bits per heavy atom. The molecule has 3 N–H and O–H groups in total. The van der Waals surface area contributed by atoms with E-state index in [4.69, 9.17) is 10.9 Å². The lowest BCUT2D eigenvalue weighted by atomic mass is 9.97. The second-order valence-electron chi connectivity index (χ2n) is 5.15. The first-order valence-corrected chi connectivity index (χ1v) is 7.41. The van der Waals surface area contributed by atoms with Crippen molar-refractivity contribution in [3.05, 3.63) is 29.8 Å². The minimum Gasteiger partial charge on any atom is -0.409 e. The van der Waals surface area contributed by atoms with Crippen LogP contribution in [0.4, 0.5) is 5.69 Å². The number of hydrogen-bond acceptors (Lipinski definition) is 3. The summed E-state index contributed by atoms with van der Waals surface area (Å²) in [6.07, 6.45) is 3.82. The summed E-state index contributed by atoms with van der Waals surface area (Å²) in [7, 11) is 1.74. The lowest BCUT2D eigenvalue weighted by Crippen LogP contribution is -2.34. The van der Waals surface area contributed by atoms with Gasteiger partial charge in [-0.05, 0) is 25.0 Å². The van der Waals surface area contributed by atoms with Gasteiger partial charge in [0.25, 0.3) is 0 Å². The van der Waals surface area contributed by atoms with Crippen LogP contribution in [0.1, 0.15) is 45.1 Å². The predicted octanol–water partition coefficient (Wildman–Crippen LogP) is 2.96. The molecule has 0 bridgehead atoms. The minimum atomic E-state index is 0.00635. The number of anilines is 1. The van der Waals surface area contributed by atoms with E-state index in [1.807, 2.05) is 13.0 Å². The first-order valence-electron chi connectivity index (χ1n) is 7.41. The molecule has 116 valence electrons. The van der Waals surface area contributed by atoms with Crippen molar-refractivity contribution >= 4 is 17.4 Å². The van der Waals surface area contributed by atoms with Crippen LogP contribution in [0.3, 0.4) is 0 Å².